The average molecular weight is 237 g/mol. The summed E-state index contributed by atoms with van der Waals surface area (Å²) in [5.41, 5.74) is 1.59. The van der Waals surface area contributed by atoms with Crippen LogP contribution in [0.1, 0.15) is 61.9 Å². The van der Waals surface area contributed by atoms with E-state index >= 15 is 0 Å². The Balaban J connectivity index is 1.75. The van der Waals surface area contributed by atoms with Crippen LogP contribution in [0, 0.1) is 0 Å². The number of nitrogens with one attached hydrogen (secondary N) is 1. The molecule has 0 fully saturated rings. The zero-order valence-corrected chi connectivity index (χ0v) is 11.1. The van der Waals surface area contributed by atoms with Gasteiger partial charge in [0.2, 0.25) is 0 Å². The van der Waals surface area contributed by atoms with Crippen LogP contribution in [0.5, 0.6) is 0 Å². The van der Waals surface area contributed by atoms with Crippen LogP contribution in [0.15, 0.2) is 11.4 Å². The molecule has 16 heavy (non-hydrogen) atoms. The van der Waals surface area contributed by atoms with Crippen molar-refractivity contribution in [3.63, 3.8) is 0 Å². The second-order valence-corrected chi connectivity index (χ2v) is 5.76. The van der Waals surface area contributed by atoms with E-state index in [1.807, 2.05) is 11.3 Å². The van der Waals surface area contributed by atoms with Gasteiger partial charge in [-0.05, 0) is 29.9 Å². The molecule has 0 saturated heterocycles. The monoisotopic (exact) mass is 237 g/mol. The van der Waals surface area contributed by atoms with Crippen LogP contribution >= 0.6 is 11.3 Å². The molecule has 2 rings (SSSR count). The van der Waals surface area contributed by atoms with E-state index in [-0.39, 0.29) is 0 Å². The first-order valence-electron chi connectivity index (χ1n) is 6.71. The van der Waals surface area contributed by atoms with Crippen LogP contribution in [0.3, 0.4) is 0 Å². The summed E-state index contributed by atoms with van der Waals surface area (Å²) in [4.78, 5) is 1.62. The summed E-state index contributed by atoms with van der Waals surface area (Å²) >= 11 is 1.94. The second kappa shape index (κ2) is 6.41. The van der Waals surface area contributed by atoms with Crippen LogP contribution < -0.4 is 5.32 Å². The van der Waals surface area contributed by atoms with Gasteiger partial charge in [0.05, 0.1) is 0 Å². The zero-order chi connectivity index (χ0) is 11.2. The Hall–Kier alpha value is -0.340. The summed E-state index contributed by atoms with van der Waals surface area (Å²) in [6.07, 6.45) is 9.52. The molecule has 2 heterocycles. The van der Waals surface area contributed by atoms with Gasteiger partial charge in [0.15, 0.2) is 0 Å². The minimum atomic E-state index is 0.650. The van der Waals surface area contributed by atoms with Crippen molar-refractivity contribution in [1.29, 1.82) is 0 Å². The third kappa shape index (κ3) is 3.08. The Morgan fingerprint density at radius 1 is 1.31 bits per heavy atom. The Bertz CT molecular complexity index is 305. The SMILES string of the molecule is CCCCCCCC1NCCc2sccc21. The van der Waals surface area contributed by atoms with Crippen LogP contribution in [-0.4, -0.2) is 6.54 Å². The molecule has 0 radical (unpaired) electrons. The van der Waals surface area contributed by atoms with E-state index in [0.29, 0.717) is 6.04 Å². The first-order chi connectivity index (χ1) is 7.92. The molecule has 0 amide bonds. The minimum absolute atomic E-state index is 0.650. The van der Waals surface area contributed by atoms with Gasteiger partial charge in [-0.3, -0.25) is 0 Å². The average Bonchev–Trinajstić information content (AvgIpc) is 2.77. The molecule has 0 aromatic carbocycles. The second-order valence-electron chi connectivity index (χ2n) is 4.76. The number of unbranched alkanes of at least 4 members (excludes halogenated alkanes) is 4. The molecule has 1 aromatic rings. The molecule has 0 saturated carbocycles. The van der Waals surface area contributed by atoms with Gasteiger partial charge in [0.25, 0.3) is 0 Å². The van der Waals surface area contributed by atoms with Crippen molar-refractivity contribution < 1.29 is 0 Å². The highest BCUT2D eigenvalue weighted by Gasteiger charge is 2.19. The van der Waals surface area contributed by atoms with Crippen molar-refractivity contribution in [2.24, 2.45) is 0 Å². The maximum absolute atomic E-state index is 3.66. The molecule has 1 aromatic heterocycles. The Kier molecular flexibility index (Phi) is 4.86. The molecular weight excluding hydrogens is 214 g/mol. The van der Waals surface area contributed by atoms with Crippen molar-refractivity contribution in [3.05, 3.63) is 21.9 Å². The predicted octanol–water partition coefficient (Wildman–Crippen LogP) is 4.30. The van der Waals surface area contributed by atoms with E-state index in [1.165, 1.54) is 51.5 Å². The van der Waals surface area contributed by atoms with Gasteiger partial charge in [-0.2, -0.15) is 0 Å². The van der Waals surface area contributed by atoms with Crippen LogP contribution in [-0.2, 0) is 6.42 Å². The van der Waals surface area contributed by atoms with Gasteiger partial charge in [0, 0.05) is 17.5 Å². The Morgan fingerprint density at radius 2 is 2.19 bits per heavy atom. The highest BCUT2D eigenvalue weighted by atomic mass is 32.1. The molecule has 2 heteroatoms. The molecule has 1 N–H and O–H groups in total. The highest BCUT2D eigenvalue weighted by Crippen LogP contribution is 2.30. The largest absolute Gasteiger partial charge is 0.310 e. The summed E-state index contributed by atoms with van der Waals surface area (Å²) in [6, 6.07) is 2.97. The van der Waals surface area contributed by atoms with Crippen LogP contribution in [0.25, 0.3) is 0 Å². The summed E-state index contributed by atoms with van der Waals surface area (Å²) < 4.78 is 0. The molecule has 90 valence electrons. The van der Waals surface area contributed by atoms with E-state index in [0.717, 1.165) is 0 Å². The van der Waals surface area contributed by atoms with Crippen molar-refractivity contribution >= 4 is 11.3 Å². The molecule has 1 unspecified atom stereocenters. The minimum Gasteiger partial charge on any atom is -0.310 e. The maximum atomic E-state index is 3.66. The molecule has 1 nitrogen and oxygen atoms in total. The number of fused-ring (bicyclic) bond motifs is 1. The normalized spacial score (nSPS) is 19.7. The fourth-order valence-corrected chi connectivity index (χ4v) is 3.49. The lowest BCUT2D eigenvalue weighted by molar-refractivity contribution is 0.453. The standard InChI is InChI=1S/C14H23NS/c1-2-3-4-5-6-7-13-12-9-11-16-14(12)8-10-15-13/h9,11,13,15H,2-8,10H2,1H3. The van der Waals surface area contributed by atoms with E-state index in [4.69, 9.17) is 0 Å². The van der Waals surface area contributed by atoms with Crippen molar-refractivity contribution in [2.75, 3.05) is 6.54 Å². The number of hydrogen-bond donors (Lipinski definition) is 1. The third-order valence-electron chi connectivity index (χ3n) is 3.49. The number of rotatable bonds is 6. The van der Waals surface area contributed by atoms with Crippen LogP contribution in [0.2, 0.25) is 0 Å². The van der Waals surface area contributed by atoms with E-state index in [9.17, 15) is 0 Å². The topological polar surface area (TPSA) is 12.0 Å². The lowest BCUT2D eigenvalue weighted by atomic mass is 9.97. The number of hydrogen-bond acceptors (Lipinski definition) is 2. The van der Waals surface area contributed by atoms with Gasteiger partial charge < -0.3 is 5.32 Å². The highest BCUT2D eigenvalue weighted by molar-refractivity contribution is 7.10. The fraction of sp³-hybridized carbons (Fsp3) is 0.714. The maximum Gasteiger partial charge on any atom is 0.0331 e. The molecule has 1 aliphatic heterocycles. The van der Waals surface area contributed by atoms with E-state index in [2.05, 4.69) is 23.7 Å². The smallest absolute Gasteiger partial charge is 0.0331 e. The molecule has 1 aliphatic rings. The third-order valence-corrected chi connectivity index (χ3v) is 4.49. The Morgan fingerprint density at radius 3 is 3.06 bits per heavy atom. The summed E-state index contributed by atoms with van der Waals surface area (Å²) in [5.74, 6) is 0. The first kappa shape index (κ1) is 12.1. The Labute approximate surface area is 103 Å². The van der Waals surface area contributed by atoms with Gasteiger partial charge >= 0.3 is 0 Å². The van der Waals surface area contributed by atoms with E-state index in [1.54, 1.807) is 10.4 Å². The fourth-order valence-electron chi connectivity index (χ4n) is 2.54. The molecule has 0 bridgehead atoms. The van der Waals surface area contributed by atoms with Gasteiger partial charge in [0.1, 0.15) is 0 Å². The summed E-state index contributed by atoms with van der Waals surface area (Å²) in [5, 5.41) is 5.91. The summed E-state index contributed by atoms with van der Waals surface area (Å²) in [6.45, 7) is 3.45. The van der Waals surface area contributed by atoms with E-state index < -0.39 is 0 Å². The van der Waals surface area contributed by atoms with Crippen LogP contribution in [0.4, 0.5) is 0 Å². The van der Waals surface area contributed by atoms with Crippen molar-refractivity contribution in [2.45, 2.75) is 57.9 Å². The molecule has 0 spiro atoms. The lowest BCUT2D eigenvalue weighted by Gasteiger charge is -2.24. The predicted molar refractivity (Wildman–Crippen MR) is 72.1 cm³/mol. The van der Waals surface area contributed by atoms with Crippen molar-refractivity contribution in [3.8, 4) is 0 Å². The quantitative estimate of drug-likeness (QED) is 0.728. The molecule has 1 atom stereocenters. The summed E-state index contributed by atoms with van der Waals surface area (Å²) in [7, 11) is 0. The van der Waals surface area contributed by atoms with Gasteiger partial charge in [-0.1, -0.05) is 39.0 Å². The first-order valence-corrected chi connectivity index (χ1v) is 7.59. The van der Waals surface area contributed by atoms with Gasteiger partial charge in [-0.25, -0.2) is 0 Å². The number of thiophene rings is 1. The lowest BCUT2D eigenvalue weighted by Crippen LogP contribution is -2.28. The van der Waals surface area contributed by atoms with Gasteiger partial charge in [-0.15, -0.1) is 11.3 Å². The zero-order valence-electron chi connectivity index (χ0n) is 10.3. The van der Waals surface area contributed by atoms with Crippen molar-refractivity contribution in [1.82, 2.24) is 5.32 Å². The molecular formula is C14H23NS. The molecule has 0 aliphatic carbocycles.